The lowest BCUT2D eigenvalue weighted by Crippen LogP contribution is -2.17. The van der Waals surface area contributed by atoms with Crippen LogP contribution in [-0.4, -0.2) is 16.9 Å². The number of halogens is 2. The Kier molecular flexibility index (Phi) is 4.59. The zero-order valence-corrected chi connectivity index (χ0v) is 11.6. The lowest BCUT2D eigenvalue weighted by Gasteiger charge is -2.17. The topological polar surface area (TPSA) is 16.1 Å². The Morgan fingerprint density at radius 3 is 2.44 bits per heavy atom. The Morgan fingerprint density at radius 1 is 1.06 bits per heavy atom. The van der Waals surface area contributed by atoms with Gasteiger partial charge in [0.25, 0.3) is 0 Å². The van der Waals surface area contributed by atoms with Gasteiger partial charge >= 0.3 is 0 Å². The van der Waals surface area contributed by atoms with Crippen LogP contribution in [0.3, 0.4) is 0 Å². The molecule has 0 aliphatic heterocycles. The second-order valence-electron chi connectivity index (χ2n) is 4.29. The van der Waals surface area contributed by atoms with Crippen molar-refractivity contribution in [1.29, 1.82) is 0 Å². The predicted octanol–water partition coefficient (Wildman–Crippen LogP) is 4.02. The summed E-state index contributed by atoms with van der Waals surface area (Å²) < 4.78 is 0. The third-order valence-electron chi connectivity index (χ3n) is 2.58. The van der Waals surface area contributed by atoms with Crippen LogP contribution in [0, 0.1) is 0 Å². The van der Waals surface area contributed by atoms with Crippen LogP contribution in [-0.2, 0) is 13.1 Å². The lowest BCUT2D eigenvalue weighted by atomic mass is 10.2. The lowest BCUT2D eigenvalue weighted by molar-refractivity contribution is 0.319. The van der Waals surface area contributed by atoms with Crippen molar-refractivity contribution < 1.29 is 0 Å². The van der Waals surface area contributed by atoms with Crippen LogP contribution >= 0.6 is 23.2 Å². The zero-order chi connectivity index (χ0) is 13.0. The molecule has 0 aliphatic carbocycles. The average Bonchev–Trinajstić information content (AvgIpc) is 2.28. The molecule has 0 saturated heterocycles. The van der Waals surface area contributed by atoms with Gasteiger partial charge in [-0.2, -0.15) is 0 Å². The van der Waals surface area contributed by atoms with Crippen molar-refractivity contribution in [3.63, 3.8) is 0 Å². The molecule has 2 nitrogen and oxygen atoms in total. The van der Waals surface area contributed by atoms with Gasteiger partial charge in [-0.25, -0.2) is 4.98 Å². The summed E-state index contributed by atoms with van der Waals surface area (Å²) in [6, 6.07) is 11.8. The first kappa shape index (κ1) is 13.3. The van der Waals surface area contributed by atoms with E-state index in [0.717, 1.165) is 23.7 Å². The molecule has 1 heterocycles. The van der Waals surface area contributed by atoms with Gasteiger partial charge in [-0.1, -0.05) is 35.3 Å². The van der Waals surface area contributed by atoms with Gasteiger partial charge in [0.05, 0.1) is 0 Å². The number of hydrogen-bond donors (Lipinski definition) is 0. The third kappa shape index (κ3) is 3.98. The van der Waals surface area contributed by atoms with Gasteiger partial charge in [-0.3, -0.25) is 4.90 Å². The first-order chi connectivity index (χ1) is 8.63. The molecule has 1 aromatic carbocycles. The highest BCUT2D eigenvalue weighted by atomic mass is 35.5. The molecule has 2 aromatic rings. The van der Waals surface area contributed by atoms with Crippen molar-refractivity contribution >= 4 is 23.2 Å². The third-order valence-corrected chi connectivity index (χ3v) is 3.03. The maximum Gasteiger partial charge on any atom is 0.129 e. The monoisotopic (exact) mass is 280 g/mol. The van der Waals surface area contributed by atoms with Crippen LogP contribution in [0.25, 0.3) is 0 Å². The highest BCUT2D eigenvalue weighted by Gasteiger charge is 2.03. The Hall–Kier alpha value is -1.09. The average molecular weight is 281 g/mol. The molecule has 18 heavy (non-hydrogen) atoms. The van der Waals surface area contributed by atoms with Crippen molar-refractivity contribution in [3.05, 3.63) is 63.9 Å². The molecule has 0 saturated carbocycles. The van der Waals surface area contributed by atoms with E-state index < -0.39 is 0 Å². The van der Waals surface area contributed by atoms with Crippen LogP contribution in [0.4, 0.5) is 0 Å². The molecule has 0 amide bonds. The maximum absolute atomic E-state index is 5.97. The fraction of sp³-hybridized carbons (Fsp3) is 0.214. The summed E-state index contributed by atoms with van der Waals surface area (Å²) in [5.74, 6) is 0. The van der Waals surface area contributed by atoms with Gasteiger partial charge < -0.3 is 0 Å². The fourth-order valence-electron chi connectivity index (χ4n) is 1.86. The van der Waals surface area contributed by atoms with E-state index in [0.29, 0.717) is 5.15 Å². The van der Waals surface area contributed by atoms with Gasteiger partial charge in [0, 0.05) is 24.3 Å². The van der Waals surface area contributed by atoms with Crippen molar-refractivity contribution in [2.75, 3.05) is 7.05 Å². The minimum atomic E-state index is 0.531. The maximum atomic E-state index is 5.97. The molecule has 0 aliphatic rings. The first-order valence-electron chi connectivity index (χ1n) is 5.67. The molecule has 0 N–H and O–H groups in total. The Bertz CT molecular complexity index is 481. The molecule has 0 bridgehead atoms. The summed E-state index contributed by atoms with van der Waals surface area (Å²) in [4.78, 5) is 6.18. The molecule has 0 radical (unpaired) electrons. The van der Waals surface area contributed by atoms with E-state index in [1.54, 1.807) is 6.20 Å². The Balaban J connectivity index is 1.98. The summed E-state index contributed by atoms with van der Waals surface area (Å²) in [6.45, 7) is 1.68. The quantitative estimate of drug-likeness (QED) is 0.787. The van der Waals surface area contributed by atoms with Crippen LogP contribution in [0.2, 0.25) is 10.2 Å². The molecule has 2 rings (SSSR count). The first-order valence-corrected chi connectivity index (χ1v) is 6.42. The molecule has 0 fully saturated rings. The van der Waals surface area contributed by atoms with Crippen molar-refractivity contribution in [1.82, 2.24) is 9.88 Å². The van der Waals surface area contributed by atoms with E-state index in [2.05, 4.69) is 23.0 Å². The van der Waals surface area contributed by atoms with E-state index >= 15 is 0 Å². The van der Waals surface area contributed by atoms with Crippen molar-refractivity contribution in [3.8, 4) is 0 Å². The molecular formula is C14H14Cl2N2. The largest absolute Gasteiger partial charge is 0.298 e. The minimum absolute atomic E-state index is 0.531. The summed E-state index contributed by atoms with van der Waals surface area (Å²) in [7, 11) is 2.06. The van der Waals surface area contributed by atoms with Gasteiger partial charge in [0.2, 0.25) is 0 Å². The number of hydrogen-bond acceptors (Lipinski definition) is 2. The minimum Gasteiger partial charge on any atom is -0.298 e. The van der Waals surface area contributed by atoms with Crippen LogP contribution in [0.1, 0.15) is 11.1 Å². The molecule has 4 heteroatoms. The van der Waals surface area contributed by atoms with Crippen LogP contribution in [0.5, 0.6) is 0 Å². The van der Waals surface area contributed by atoms with Crippen LogP contribution < -0.4 is 0 Å². The van der Waals surface area contributed by atoms with E-state index in [1.165, 1.54) is 5.56 Å². The molecule has 0 unspecified atom stereocenters. The molecule has 0 atom stereocenters. The summed E-state index contributed by atoms with van der Waals surface area (Å²) in [5, 5.41) is 1.30. The summed E-state index contributed by atoms with van der Waals surface area (Å²) >= 11 is 11.8. The van der Waals surface area contributed by atoms with Crippen molar-refractivity contribution in [2.24, 2.45) is 0 Å². The number of nitrogens with zero attached hydrogens (tertiary/aromatic N) is 2. The second kappa shape index (κ2) is 6.19. The summed E-state index contributed by atoms with van der Waals surface area (Å²) in [5.41, 5.74) is 2.35. The highest BCUT2D eigenvalue weighted by molar-refractivity contribution is 6.30. The standard InChI is InChI=1S/C14H14Cl2N2/c1-18(9-11-3-2-4-13(15)7-11)10-12-5-6-17-14(16)8-12/h2-8H,9-10H2,1H3. The predicted molar refractivity (Wildman–Crippen MR) is 75.9 cm³/mol. The van der Waals surface area contributed by atoms with E-state index in [9.17, 15) is 0 Å². The number of rotatable bonds is 4. The second-order valence-corrected chi connectivity index (χ2v) is 5.11. The van der Waals surface area contributed by atoms with E-state index in [1.807, 2.05) is 30.3 Å². The zero-order valence-electron chi connectivity index (χ0n) is 10.1. The van der Waals surface area contributed by atoms with Crippen molar-refractivity contribution in [2.45, 2.75) is 13.1 Å². The smallest absolute Gasteiger partial charge is 0.129 e. The van der Waals surface area contributed by atoms with Gasteiger partial charge in [-0.05, 0) is 42.4 Å². The van der Waals surface area contributed by atoms with Crippen LogP contribution in [0.15, 0.2) is 42.6 Å². The normalized spacial score (nSPS) is 10.9. The van der Waals surface area contributed by atoms with E-state index in [4.69, 9.17) is 23.2 Å². The number of aromatic nitrogens is 1. The van der Waals surface area contributed by atoms with Gasteiger partial charge in [0.1, 0.15) is 5.15 Å². The SMILES string of the molecule is CN(Cc1cccc(Cl)c1)Cc1ccnc(Cl)c1. The van der Waals surface area contributed by atoms with Gasteiger partial charge in [0.15, 0.2) is 0 Å². The molecule has 0 spiro atoms. The van der Waals surface area contributed by atoms with E-state index in [-0.39, 0.29) is 0 Å². The number of benzene rings is 1. The fourth-order valence-corrected chi connectivity index (χ4v) is 2.26. The van der Waals surface area contributed by atoms with Gasteiger partial charge in [-0.15, -0.1) is 0 Å². The molecule has 1 aromatic heterocycles. The Morgan fingerprint density at radius 2 is 1.78 bits per heavy atom. The molecular weight excluding hydrogens is 267 g/mol. The highest BCUT2D eigenvalue weighted by Crippen LogP contribution is 2.14. The number of pyridine rings is 1. The Labute approximate surface area is 117 Å². The molecule has 94 valence electrons. The summed E-state index contributed by atoms with van der Waals surface area (Å²) in [6.07, 6.45) is 1.73.